The van der Waals surface area contributed by atoms with Gasteiger partial charge in [-0.25, -0.2) is 4.79 Å². The summed E-state index contributed by atoms with van der Waals surface area (Å²) in [6.07, 6.45) is 1.85. The maximum atomic E-state index is 11.3. The van der Waals surface area contributed by atoms with E-state index in [1.54, 1.807) is 4.90 Å². The van der Waals surface area contributed by atoms with Gasteiger partial charge in [-0.2, -0.15) is 0 Å². The van der Waals surface area contributed by atoms with Crippen molar-refractivity contribution >= 4 is 6.09 Å². The van der Waals surface area contributed by atoms with Gasteiger partial charge in [-0.1, -0.05) is 30.3 Å². The SMILES string of the molecule is COC(=O)N1CCC(c2ccccc2)CC1. The fraction of sp³-hybridized carbons (Fsp3) is 0.462. The quantitative estimate of drug-likeness (QED) is 0.726. The second-order valence-corrected chi connectivity index (χ2v) is 4.14. The van der Waals surface area contributed by atoms with Crippen LogP contribution in [0.15, 0.2) is 30.3 Å². The number of rotatable bonds is 1. The van der Waals surface area contributed by atoms with Gasteiger partial charge in [0.2, 0.25) is 0 Å². The number of nitrogens with zero attached hydrogens (tertiary/aromatic N) is 1. The Morgan fingerprint density at radius 1 is 1.25 bits per heavy atom. The minimum absolute atomic E-state index is 0.202. The number of likely N-dealkylation sites (tertiary alicyclic amines) is 1. The van der Waals surface area contributed by atoms with Gasteiger partial charge in [-0.15, -0.1) is 0 Å². The summed E-state index contributed by atoms with van der Waals surface area (Å²) in [4.78, 5) is 13.1. The van der Waals surface area contributed by atoms with Gasteiger partial charge in [0.25, 0.3) is 0 Å². The normalized spacial score (nSPS) is 17.2. The third-order valence-electron chi connectivity index (χ3n) is 3.20. The third kappa shape index (κ3) is 2.35. The Morgan fingerprint density at radius 2 is 1.88 bits per heavy atom. The molecule has 16 heavy (non-hydrogen) atoms. The number of hydrogen-bond donors (Lipinski definition) is 0. The summed E-state index contributed by atoms with van der Waals surface area (Å²) in [5, 5.41) is 0. The molecule has 3 nitrogen and oxygen atoms in total. The Balaban J connectivity index is 1.93. The molecule has 0 unspecified atom stereocenters. The molecule has 1 aliphatic rings. The predicted octanol–water partition coefficient (Wildman–Crippen LogP) is 2.63. The van der Waals surface area contributed by atoms with Gasteiger partial charge in [0.1, 0.15) is 0 Å². The lowest BCUT2D eigenvalue weighted by Crippen LogP contribution is -2.37. The molecule has 0 spiro atoms. The van der Waals surface area contributed by atoms with Crippen molar-refractivity contribution in [2.24, 2.45) is 0 Å². The van der Waals surface area contributed by atoms with E-state index in [0.717, 1.165) is 25.9 Å². The zero-order valence-corrected chi connectivity index (χ0v) is 9.56. The molecule has 1 amide bonds. The maximum absolute atomic E-state index is 11.3. The van der Waals surface area contributed by atoms with Gasteiger partial charge >= 0.3 is 6.09 Å². The van der Waals surface area contributed by atoms with Crippen molar-refractivity contribution in [3.8, 4) is 0 Å². The smallest absolute Gasteiger partial charge is 0.409 e. The Morgan fingerprint density at radius 3 is 2.44 bits per heavy atom. The number of carbonyl (C=O) groups excluding carboxylic acids is 1. The van der Waals surface area contributed by atoms with Gasteiger partial charge in [0.15, 0.2) is 0 Å². The first-order valence-electron chi connectivity index (χ1n) is 5.69. The Kier molecular flexibility index (Phi) is 3.44. The van der Waals surface area contributed by atoms with Crippen molar-refractivity contribution in [3.05, 3.63) is 35.9 Å². The van der Waals surface area contributed by atoms with Crippen LogP contribution in [0.3, 0.4) is 0 Å². The second-order valence-electron chi connectivity index (χ2n) is 4.14. The molecule has 0 N–H and O–H groups in total. The summed E-state index contributed by atoms with van der Waals surface area (Å²) in [6, 6.07) is 10.5. The number of hydrogen-bond acceptors (Lipinski definition) is 2. The van der Waals surface area contributed by atoms with Gasteiger partial charge in [0.05, 0.1) is 7.11 Å². The predicted molar refractivity (Wildman–Crippen MR) is 62.4 cm³/mol. The van der Waals surface area contributed by atoms with Crippen LogP contribution >= 0.6 is 0 Å². The second kappa shape index (κ2) is 5.01. The minimum Gasteiger partial charge on any atom is -0.453 e. The minimum atomic E-state index is -0.202. The first-order valence-corrected chi connectivity index (χ1v) is 5.69. The van der Waals surface area contributed by atoms with E-state index in [2.05, 4.69) is 24.3 Å². The number of ether oxygens (including phenoxy) is 1. The molecule has 0 saturated carbocycles. The molecular weight excluding hydrogens is 202 g/mol. The maximum Gasteiger partial charge on any atom is 0.409 e. The molecule has 0 aromatic heterocycles. The van der Waals surface area contributed by atoms with Crippen LogP contribution in [0.1, 0.15) is 24.3 Å². The zero-order valence-electron chi connectivity index (χ0n) is 9.56. The lowest BCUT2D eigenvalue weighted by atomic mass is 9.90. The van der Waals surface area contributed by atoms with Crippen LogP contribution < -0.4 is 0 Å². The van der Waals surface area contributed by atoms with Crippen LogP contribution in [0, 0.1) is 0 Å². The molecule has 0 bridgehead atoms. The average molecular weight is 219 g/mol. The Bertz CT molecular complexity index is 342. The molecule has 1 fully saturated rings. The largest absolute Gasteiger partial charge is 0.453 e. The highest BCUT2D eigenvalue weighted by atomic mass is 16.5. The molecular formula is C13H17NO2. The van der Waals surface area contributed by atoms with Crippen molar-refractivity contribution in [3.63, 3.8) is 0 Å². The highest BCUT2D eigenvalue weighted by molar-refractivity contribution is 5.67. The lowest BCUT2D eigenvalue weighted by molar-refractivity contribution is 0.112. The topological polar surface area (TPSA) is 29.5 Å². The highest BCUT2D eigenvalue weighted by Crippen LogP contribution is 2.27. The van der Waals surface area contributed by atoms with E-state index in [0.29, 0.717) is 5.92 Å². The van der Waals surface area contributed by atoms with E-state index in [1.165, 1.54) is 12.7 Å². The van der Waals surface area contributed by atoms with Gasteiger partial charge < -0.3 is 9.64 Å². The lowest BCUT2D eigenvalue weighted by Gasteiger charge is -2.31. The van der Waals surface area contributed by atoms with E-state index >= 15 is 0 Å². The first kappa shape index (κ1) is 11.0. The summed E-state index contributed by atoms with van der Waals surface area (Å²) in [6.45, 7) is 1.60. The number of piperidine rings is 1. The van der Waals surface area contributed by atoms with Crippen molar-refractivity contribution in [2.75, 3.05) is 20.2 Å². The van der Waals surface area contributed by atoms with Crippen molar-refractivity contribution in [2.45, 2.75) is 18.8 Å². The highest BCUT2D eigenvalue weighted by Gasteiger charge is 2.23. The van der Waals surface area contributed by atoms with Gasteiger partial charge in [0, 0.05) is 13.1 Å². The fourth-order valence-corrected chi connectivity index (χ4v) is 2.25. The van der Waals surface area contributed by atoms with Crippen molar-refractivity contribution in [1.82, 2.24) is 4.90 Å². The number of methoxy groups -OCH3 is 1. The van der Waals surface area contributed by atoms with Crippen LogP contribution in [0.4, 0.5) is 4.79 Å². The molecule has 0 aliphatic carbocycles. The third-order valence-corrected chi connectivity index (χ3v) is 3.20. The Labute approximate surface area is 96.0 Å². The average Bonchev–Trinajstić information content (AvgIpc) is 2.39. The number of benzene rings is 1. The van der Waals surface area contributed by atoms with E-state index in [-0.39, 0.29) is 6.09 Å². The van der Waals surface area contributed by atoms with Crippen LogP contribution in [-0.4, -0.2) is 31.2 Å². The summed E-state index contributed by atoms with van der Waals surface area (Å²) in [7, 11) is 1.44. The number of amides is 1. The van der Waals surface area contributed by atoms with Crippen molar-refractivity contribution in [1.29, 1.82) is 0 Å². The zero-order chi connectivity index (χ0) is 11.4. The summed E-state index contributed by atoms with van der Waals surface area (Å²) in [5.41, 5.74) is 1.38. The Hall–Kier alpha value is -1.51. The van der Waals surface area contributed by atoms with Gasteiger partial charge in [-0.05, 0) is 24.3 Å². The molecule has 86 valence electrons. The van der Waals surface area contributed by atoms with E-state index in [4.69, 9.17) is 4.74 Å². The first-order chi connectivity index (χ1) is 7.81. The molecule has 0 atom stereocenters. The van der Waals surface area contributed by atoms with Gasteiger partial charge in [-0.3, -0.25) is 0 Å². The molecule has 1 aromatic rings. The summed E-state index contributed by atoms with van der Waals surface area (Å²) >= 11 is 0. The number of carbonyl (C=O) groups is 1. The van der Waals surface area contributed by atoms with Crippen molar-refractivity contribution < 1.29 is 9.53 Å². The molecule has 1 aliphatic heterocycles. The van der Waals surface area contributed by atoms with E-state index < -0.39 is 0 Å². The molecule has 1 saturated heterocycles. The van der Waals surface area contributed by atoms with Crippen LogP contribution in [0.5, 0.6) is 0 Å². The molecule has 0 radical (unpaired) electrons. The molecule has 3 heteroatoms. The van der Waals surface area contributed by atoms with Crippen LogP contribution in [0.25, 0.3) is 0 Å². The van der Waals surface area contributed by atoms with E-state index in [1.807, 2.05) is 6.07 Å². The monoisotopic (exact) mass is 219 g/mol. The molecule has 1 aromatic carbocycles. The molecule has 1 heterocycles. The molecule has 2 rings (SSSR count). The van der Waals surface area contributed by atoms with Crippen LogP contribution in [0.2, 0.25) is 0 Å². The standard InChI is InChI=1S/C13H17NO2/c1-16-13(15)14-9-7-12(8-10-14)11-5-3-2-4-6-11/h2-6,12H,7-10H2,1H3. The fourth-order valence-electron chi connectivity index (χ4n) is 2.25. The van der Waals surface area contributed by atoms with Crippen LogP contribution in [-0.2, 0) is 4.74 Å². The summed E-state index contributed by atoms with van der Waals surface area (Å²) < 4.78 is 4.72. The van der Waals surface area contributed by atoms with E-state index in [9.17, 15) is 4.79 Å². The summed E-state index contributed by atoms with van der Waals surface area (Å²) in [5.74, 6) is 0.585.